The zero-order valence-corrected chi connectivity index (χ0v) is 40.2. The Morgan fingerprint density at radius 1 is 0.342 bits per heavy atom. The molecule has 17 rings (SSSR count). The highest BCUT2D eigenvalue weighted by atomic mass is 16.3. The fraction of sp³-hybridized carbons (Fsp3) is 0. The quantitative estimate of drug-likeness (QED) is 0.165. The van der Waals surface area contributed by atoms with E-state index in [1.807, 2.05) is 91.0 Å². The highest BCUT2D eigenvalue weighted by Crippen LogP contribution is 2.54. The highest BCUT2D eigenvalue weighted by molar-refractivity contribution is 6.28. The molecule has 6 heterocycles. The minimum atomic E-state index is 0.200. The second-order valence-electron chi connectivity index (χ2n) is 19.6. The lowest BCUT2D eigenvalue weighted by Gasteiger charge is -2.27. The molecule has 350 valence electrons. The van der Waals surface area contributed by atoms with Gasteiger partial charge >= 0.3 is 0 Å². The maximum atomic E-state index is 12.2. The van der Waals surface area contributed by atoms with Gasteiger partial charge in [-0.3, -0.25) is 0 Å². The van der Waals surface area contributed by atoms with E-state index < -0.39 is 0 Å². The Hall–Kier alpha value is -10.8. The van der Waals surface area contributed by atoms with Crippen molar-refractivity contribution < 1.29 is 13.3 Å². The lowest BCUT2D eigenvalue weighted by molar-refractivity contribution is 0.672. The van der Waals surface area contributed by atoms with Gasteiger partial charge in [0.2, 0.25) is 5.69 Å². The first-order chi connectivity index (χ1) is 37.7. The van der Waals surface area contributed by atoms with E-state index in [2.05, 4.69) is 146 Å². The summed E-state index contributed by atoms with van der Waals surface area (Å²) in [7, 11) is 0. The van der Waals surface area contributed by atoms with Gasteiger partial charge in [0, 0.05) is 54.0 Å². The lowest BCUT2D eigenvalue weighted by Crippen LogP contribution is -2.12. The molecule has 0 fully saturated rings. The van der Waals surface area contributed by atoms with Crippen molar-refractivity contribution in [2.45, 2.75) is 0 Å². The first kappa shape index (κ1) is 40.8. The van der Waals surface area contributed by atoms with Crippen LogP contribution < -0.4 is 0 Å². The molecule has 0 N–H and O–H groups in total. The van der Waals surface area contributed by atoms with Crippen LogP contribution in [0.1, 0.15) is 5.56 Å². The maximum absolute atomic E-state index is 12.2. The first-order valence-corrected chi connectivity index (χ1v) is 25.3. The molecule has 0 bridgehead atoms. The standard InChI is InChI=1S/C68H35N5O3/c1-70-62-48(37-69)63(71-49-25-11-5-22-45(49)59-52(71)34-31-42-39-19-8-14-28-55(39)74-66(42)59)58(38-17-3-2-4-18-38)64(72-50-26-12-6-23-46(50)60-53(72)35-32-43-40-20-9-15-29-56(40)75-67(43)60)65(62)73-51-27-13-7-24-47(51)61-54(73)36-33-44-41-21-10-16-30-57(41)76-68(44)61/h2-36H. The monoisotopic (exact) mass is 969 g/mol. The van der Waals surface area contributed by atoms with Gasteiger partial charge in [-0.1, -0.05) is 140 Å². The van der Waals surface area contributed by atoms with Crippen molar-refractivity contribution in [2.24, 2.45) is 0 Å². The SMILES string of the molecule is [C-]#[N+]c1c(C#N)c(-n2c3ccccc3c3c4oc5ccccc5c4ccc32)c(-c2ccccc2)c(-n2c3ccccc3c3c4oc5ccccc5c4ccc32)c1-n1c2ccccc2c2c3oc4ccccc4c3ccc21. The van der Waals surface area contributed by atoms with Crippen LogP contribution in [-0.2, 0) is 0 Å². The number of hydrogen-bond acceptors (Lipinski definition) is 4. The summed E-state index contributed by atoms with van der Waals surface area (Å²) in [6.07, 6.45) is 0. The average Bonchev–Trinajstić information content (AvgIpc) is 4.48. The largest absolute Gasteiger partial charge is 0.455 e. The van der Waals surface area contributed by atoms with Gasteiger partial charge in [-0.2, -0.15) is 5.26 Å². The zero-order chi connectivity index (χ0) is 49.9. The Kier molecular flexibility index (Phi) is 7.99. The Bertz CT molecular complexity index is 5510. The van der Waals surface area contributed by atoms with Gasteiger partial charge in [0.1, 0.15) is 33.5 Å². The van der Waals surface area contributed by atoms with Crippen molar-refractivity contribution >= 4 is 137 Å². The Morgan fingerprint density at radius 3 is 1.11 bits per heavy atom. The molecule has 8 nitrogen and oxygen atoms in total. The Balaban J connectivity index is 1.15. The van der Waals surface area contributed by atoms with Crippen LogP contribution in [0.4, 0.5) is 5.69 Å². The van der Waals surface area contributed by atoms with Crippen LogP contribution in [0.25, 0.3) is 164 Å². The predicted octanol–water partition coefficient (Wildman–Crippen LogP) is 18.8. The van der Waals surface area contributed by atoms with Crippen LogP contribution in [0.3, 0.4) is 0 Å². The van der Waals surface area contributed by atoms with Gasteiger partial charge in [0.05, 0.1) is 84.5 Å². The number of hydrogen-bond donors (Lipinski definition) is 0. The van der Waals surface area contributed by atoms with E-state index in [9.17, 15) is 11.8 Å². The molecular weight excluding hydrogens is 935 g/mol. The fourth-order valence-corrected chi connectivity index (χ4v) is 12.9. The number of aromatic nitrogens is 3. The molecule has 0 aliphatic heterocycles. The number of benzene rings is 11. The van der Waals surface area contributed by atoms with E-state index in [4.69, 9.17) is 13.3 Å². The van der Waals surface area contributed by atoms with Crippen molar-refractivity contribution in [1.29, 1.82) is 5.26 Å². The minimum absolute atomic E-state index is 0.200. The number of furan rings is 3. The van der Waals surface area contributed by atoms with Gasteiger partial charge in [0.15, 0.2) is 0 Å². The third-order valence-electron chi connectivity index (χ3n) is 15.9. The summed E-state index contributed by atoms with van der Waals surface area (Å²) in [5.41, 5.74) is 13.8. The van der Waals surface area contributed by atoms with Crippen LogP contribution in [0.2, 0.25) is 0 Å². The van der Waals surface area contributed by atoms with Crippen LogP contribution in [0.15, 0.2) is 226 Å². The third kappa shape index (κ3) is 5.14. The third-order valence-corrected chi connectivity index (χ3v) is 15.9. The molecule has 76 heavy (non-hydrogen) atoms. The number of fused-ring (bicyclic) bond motifs is 21. The van der Waals surface area contributed by atoms with E-state index in [1.165, 1.54) is 0 Å². The minimum Gasteiger partial charge on any atom is -0.455 e. The van der Waals surface area contributed by atoms with E-state index in [0.717, 1.165) is 148 Å². The molecule has 0 unspecified atom stereocenters. The Labute approximate surface area is 430 Å². The molecule has 17 aromatic rings. The molecule has 0 amide bonds. The number of nitriles is 1. The molecule has 0 spiro atoms. The summed E-state index contributed by atoms with van der Waals surface area (Å²) in [5.74, 6) is 0. The zero-order valence-electron chi connectivity index (χ0n) is 40.2. The molecule has 6 aromatic heterocycles. The molecular formula is C68H35N5O3. The van der Waals surface area contributed by atoms with E-state index in [-0.39, 0.29) is 11.3 Å². The molecule has 0 aliphatic carbocycles. The Morgan fingerprint density at radius 2 is 0.697 bits per heavy atom. The highest BCUT2D eigenvalue weighted by Gasteiger charge is 2.34. The molecule has 0 aliphatic rings. The fourth-order valence-electron chi connectivity index (χ4n) is 12.9. The van der Waals surface area contributed by atoms with E-state index in [1.54, 1.807) is 0 Å². The van der Waals surface area contributed by atoms with Gasteiger partial charge < -0.3 is 27.0 Å². The van der Waals surface area contributed by atoms with Crippen LogP contribution in [0, 0.1) is 17.9 Å². The van der Waals surface area contributed by atoms with E-state index >= 15 is 0 Å². The topological polar surface area (TPSA) is 82.4 Å². The second kappa shape index (κ2) is 14.9. The van der Waals surface area contributed by atoms with Crippen LogP contribution in [0.5, 0.6) is 0 Å². The van der Waals surface area contributed by atoms with Gasteiger partial charge in [0.25, 0.3) is 0 Å². The smallest absolute Gasteiger partial charge is 0.232 e. The van der Waals surface area contributed by atoms with Crippen LogP contribution >= 0.6 is 0 Å². The van der Waals surface area contributed by atoms with Crippen molar-refractivity contribution in [3.8, 4) is 34.3 Å². The average molecular weight is 970 g/mol. The predicted molar refractivity (Wildman–Crippen MR) is 308 cm³/mol. The number of rotatable bonds is 4. The molecule has 0 saturated heterocycles. The summed E-state index contributed by atoms with van der Waals surface area (Å²) >= 11 is 0. The maximum Gasteiger partial charge on any atom is 0.232 e. The van der Waals surface area contributed by atoms with Crippen molar-refractivity contribution in [3.05, 3.63) is 229 Å². The molecule has 0 saturated carbocycles. The summed E-state index contributed by atoms with van der Waals surface area (Å²) in [5, 5.41) is 23.9. The summed E-state index contributed by atoms with van der Waals surface area (Å²) in [4.78, 5) is 4.58. The molecule has 11 aromatic carbocycles. The summed E-state index contributed by atoms with van der Waals surface area (Å²) in [6.45, 7) is 9.56. The molecule has 8 heteroatoms. The normalized spacial score (nSPS) is 12.2. The van der Waals surface area contributed by atoms with Crippen molar-refractivity contribution in [3.63, 3.8) is 0 Å². The van der Waals surface area contributed by atoms with Gasteiger partial charge in [-0.05, 0) is 78.4 Å². The van der Waals surface area contributed by atoms with Gasteiger partial charge in [-0.15, -0.1) is 0 Å². The first-order valence-electron chi connectivity index (χ1n) is 25.3. The summed E-state index contributed by atoms with van der Waals surface area (Å²) < 4.78 is 27.3. The van der Waals surface area contributed by atoms with Crippen molar-refractivity contribution in [1.82, 2.24) is 13.7 Å². The molecule has 0 radical (unpaired) electrons. The van der Waals surface area contributed by atoms with E-state index in [0.29, 0.717) is 11.4 Å². The number of nitrogens with zero attached hydrogens (tertiary/aromatic N) is 5. The van der Waals surface area contributed by atoms with Crippen molar-refractivity contribution in [2.75, 3.05) is 0 Å². The lowest BCUT2D eigenvalue weighted by atomic mass is 9.93. The van der Waals surface area contributed by atoms with Gasteiger partial charge in [-0.25, -0.2) is 4.85 Å². The number of para-hydroxylation sites is 6. The summed E-state index contributed by atoms with van der Waals surface area (Å²) in [6, 6.07) is 75.5. The second-order valence-corrected chi connectivity index (χ2v) is 19.6. The van der Waals surface area contributed by atoms with Crippen LogP contribution in [-0.4, -0.2) is 13.7 Å². The molecule has 0 atom stereocenters.